The zero-order valence-electron chi connectivity index (χ0n) is 37.4. The summed E-state index contributed by atoms with van der Waals surface area (Å²) in [6.07, 6.45) is -2.86. The van der Waals surface area contributed by atoms with Crippen LogP contribution in [0.5, 0.6) is 0 Å². The Kier molecular flexibility index (Phi) is 16.8. The van der Waals surface area contributed by atoms with Crippen LogP contribution in [0.25, 0.3) is 0 Å². The number of benzene rings is 4. The number of halogens is 5. The number of nitro groups is 1. The van der Waals surface area contributed by atoms with Crippen molar-refractivity contribution in [3.8, 4) is 0 Å². The van der Waals surface area contributed by atoms with Crippen molar-refractivity contribution in [1.82, 2.24) is 19.2 Å². The topological polar surface area (TPSA) is 226 Å². The molecule has 2 fully saturated rings. The number of carbonyl (C=O) groups excluding carboxylic acids is 2. The van der Waals surface area contributed by atoms with Crippen LogP contribution >= 0.6 is 23.2 Å². The Morgan fingerprint density at radius 3 is 1.42 bits per heavy atom. The maximum Gasteiger partial charge on any atom is 0.418 e. The van der Waals surface area contributed by atoms with Crippen molar-refractivity contribution in [2.45, 2.75) is 67.2 Å². The summed E-state index contributed by atoms with van der Waals surface area (Å²) in [6, 6.07) is 29.5. The Bertz CT molecular complexity index is 3050. The molecule has 0 unspecified atom stereocenters. The third-order valence-corrected chi connectivity index (χ3v) is 15.5. The van der Waals surface area contributed by atoms with Gasteiger partial charge in [-0.1, -0.05) is 47.5 Å². The molecule has 376 valence electrons. The highest BCUT2D eigenvalue weighted by atomic mass is 35.5. The Morgan fingerprint density at radius 1 is 0.606 bits per heavy atom. The molecular formula is C47H46Cl2F3N7O10S2. The number of piperidine rings is 2. The average molecular weight is 1060 g/mol. The number of nitro benzene ring substituents is 1. The average Bonchev–Trinajstić information content (AvgIpc) is 4.05. The lowest BCUT2D eigenvalue weighted by Crippen LogP contribution is -2.42. The highest BCUT2D eigenvalue weighted by molar-refractivity contribution is 7.89. The fourth-order valence-electron chi connectivity index (χ4n) is 7.71. The van der Waals surface area contributed by atoms with Crippen LogP contribution < -0.4 is 21.3 Å². The molecule has 17 nitrogen and oxygen atoms in total. The van der Waals surface area contributed by atoms with E-state index < -0.39 is 36.7 Å². The fraction of sp³-hybridized carbons (Fsp3) is 0.277. The van der Waals surface area contributed by atoms with E-state index in [2.05, 4.69) is 21.3 Å². The highest BCUT2D eigenvalue weighted by Gasteiger charge is 2.36. The van der Waals surface area contributed by atoms with E-state index >= 15 is 0 Å². The van der Waals surface area contributed by atoms with Crippen LogP contribution in [0.3, 0.4) is 0 Å². The number of nitrogens with zero attached hydrogens (tertiary/aromatic N) is 3. The second kappa shape index (κ2) is 22.8. The lowest BCUT2D eigenvalue weighted by molar-refractivity contribution is -0.384. The minimum absolute atomic E-state index is 0.0123. The molecule has 4 aromatic carbocycles. The van der Waals surface area contributed by atoms with Gasteiger partial charge in [0.15, 0.2) is 0 Å². The molecule has 6 aromatic rings. The Morgan fingerprint density at radius 2 is 1.00 bits per heavy atom. The molecule has 2 amide bonds. The van der Waals surface area contributed by atoms with Crippen molar-refractivity contribution in [2.75, 3.05) is 36.8 Å². The van der Waals surface area contributed by atoms with Gasteiger partial charge >= 0.3 is 6.18 Å². The summed E-state index contributed by atoms with van der Waals surface area (Å²) in [5.41, 5.74) is 0.428. The van der Waals surface area contributed by atoms with Gasteiger partial charge in [-0.2, -0.15) is 21.8 Å². The molecule has 71 heavy (non-hydrogen) atoms. The molecule has 4 heterocycles. The molecule has 4 N–H and O–H groups in total. The summed E-state index contributed by atoms with van der Waals surface area (Å²) in [7, 11) is -7.78. The number of amides is 2. The standard InChI is InChI=1S/C24H23ClF3N3O4S.C23H23ClN4O6S/c25-17-7-5-16(6-8-17)23(32)29-15-19-9-10-22(35-19)36(33,34)31-13-11-18(12-14-31)30-21-4-2-1-3-20(21)24(26,27)28;24-17-7-5-16(6-8-17)23(29)25-15-19-9-10-22(34-19)35(32,33)27-13-11-18(12-14-27)26-20-3-1-2-4-21(20)28(30)31/h1-10,18,30H,11-15H2,(H,29,32);1-10,18,26H,11-15H2,(H,25,29). The number of carbonyl (C=O) groups is 2. The summed E-state index contributed by atoms with van der Waals surface area (Å²) in [4.78, 5) is 35.2. The second-order valence-corrected chi connectivity index (χ2v) is 20.9. The first-order chi connectivity index (χ1) is 33.8. The van der Waals surface area contributed by atoms with E-state index in [0.717, 1.165) is 6.07 Å². The SMILES string of the molecule is O=C(NCc1ccc(S(=O)(=O)N2CCC(Nc3ccccc3C(F)(F)F)CC2)o1)c1ccc(Cl)cc1.O=C(NCc1ccc(S(=O)(=O)N2CCC(Nc3ccccc3[N+](=O)[O-])CC2)o1)c1ccc(Cl)cc1. The number of para-hydroxylation sites is 3. The van der Waals surface area contributed by atoms with E-state index in [0.29, 0.717) is 58.3 Å². The second-order valence-electron chi connectivity index (χ2n) is 16.3. The fourth-order valence-corrected chi connectivity index (χ4v) is 10.8. The van der Waals surface area contributed by atoms with Gasteiger partial charge in [-0.25, -0.2) is 16.8 Å². The van der Waals surface area contributed by atoms with Gasteiger partial charge in [0, 0.05) is 71.2 Å². The lowest BCUT2D eigenvalue weighted by atomic mass is 10.0. The Hall–Kier alpha value is -6.43. The van der Waals surface area contributed by atoms with Crippen molar-refractivity contribution in [3.63, 3.8) is 0 Å². The molecule has 24 heteroatoms. The van der Waals surface area contributed by atoms with Crippen LogP contribution in [0.1, 0.15) is 63.5 Å². The molecule has 2 aliphatic rings. The first-order valence-corrected chi connectivity index (χ1v) is 25.6. The van der Waals surface area contributed by atoms with Crippen molar-refractivity contribution < 1.29 is 53.4 Å². The van der Waals surface area contributed by atoms with E-state index in [4.69, 9.17) is 32.0 Å². The number of alkyl halides is 3. The molecule has 2 aromatic heterocycles. The van der Waals surface area contributed by atoms with Gasteiger partial charge in [-0.15, -0.1) is 0 Å². The summed E-state index contributed by atoms with van der Waals surface area (Å²) in [5, 5.41) is 23.2. The summed E-state index contributed by atoms with van der Waals surface area (Å²) in [5.74, 6) is -0.139. The number of hydrogen-bond donors (Lipinski definition) is 4. The Balaban J connectivity index is 0.000000209. The number of anilines is 2. The van der Waals surface area contributed by atoms with Gasteiger partial charge in [0.05, 0.1) is 23.6 Å². The molecule has 0 saturated carbocycles. The van der Waals surface area contributed by atoms with Gasteiger partial charge in [-0.3, -0.25) is 19.7 Å². The van der Waals surface area contributed by atoms with E-state index in [-0.39, 0.29) is 90.5 Å². The summed E-state index contributed by atoms with van der Waals surface area (Å²) >= 11 is 11.6. The van der Waals surface area contributed by atoms with Crippen LogP contribution in [-0.4, -0.2) is 80.4 Å². The van der Waals surface area contributed by atoms with Crippen LogP contribution in [0, 0.1) is 10.1 Å². The Labute approximate surface area is 416 Å². The molecule has 2 saturated heterocycles. The van der Waals surface area contributed by atoms with Crippen LogP contribution in [-0.2, 0) is 39.3 Å². The van der Waals surface area contributed by atoms with Gasteiger partial charge < -0.3 is 30.1 Å². The monoisotopic (exact) mass is 1060 g/mol. The smallest absolute Gasteiger partial charge is 0.418 e. The molecule has 0 atom stereocenters. The van der Waals surface area contributed by atoms with Crippen molar-refractivity contribution in [1.29, 1.82) is 0 Å². The van der Waals surface area contributed by atoms with E-state index in [9.17, 15) is 49.7 Å². The summed E-state index contributed by atoms with van der Waals surface area (Å²) in [6.45, 7) is 0.739. The molecule has 0 aliphatic carbocycles. The number of furan rings is 2. The van der Waals surface area contributed by atoms with Gasteiger partial charge in [-0.05, 0) is 117 Å². The maximum atomic E-state index is 13.2. The van der Waals surface area contributed by atoms with E-state index in [1.165, 1.54) is 57.1 Å². The molecular weight excluding hydrogens is 1010 g/mol. The first-order valence-electron chi connectivity index (χ1n) is 22.0. The van der Waals surface area contributed by atoms with Crippen molar-refractivity contribution in [3.05, 3.63) is 170 Å². The molecule has 0 bridgehead atoms. The number of nitrogens with one attached hydrogen (secondary N) is 4. The summed E-state index contributed by atoms with van der Waals surface area (Å²) < 4.78 is 105. The molecule has 0 spiro atoms. The van der Waals surface area contributed by atoms with Gasteiger partial charge in [0.25, 0.3) is 37.5 Å². The lowest BCUT2D eigenvalue weighted by Gasteiger charge is -2.32. The zero-order chi connectivity index (χ0) is 50.9. The third kappa shape index (κ3) is 13.5. The number of sulfonamides is 2. The largest absolute Gasteiger partial charge is 0.446 e. The molecule has 2 aliphatic heterocycles. The minimum Gasteiger partial charge on any atom is -0.446 e. The third-order valence-electron chi connectivity index (χ3n) is 11.5. The van der Waals surface area contributed by atoms with E-state index in [1.807, 2.05) is 0 Å². The van der Waals surface area contributed by atoms with Crippen molar-refractivity contribution in [2.24, 2.45) is 0 Å². The quantitative estimate of drug-likeness (QED) is 0.0558. The minimum atomic E-state index is -4.49. The van der Waals surface area contributed by atoms with Crippen molar-refractivity contribution >= 4 is 72.1 Å². The highest BCUT2D eigenvalue weighted by Crippen LogP contribution is 2.36. The van der Waals surface area contributed by atoms with Crippen LogP contribution in [0.15, 0.2) is 140 Å². The number of rotatable bonds is 15. The zero-order valence-corrected chi connectivity index (χ0v) is 40.5. The first kappa shape index (κ1) is 52.4. The van der Waals surface area contributed by atoms with Gasteiger partial charge in [0.2, 0.25) is 10.2 Å². The number of hydrogen-bond acceptors (Lipinski definition) is 12. The molecule has 0 radical (unpaired) electrons. The predicted octanol–water partition coefficient (Wildman–Crippen LogP) is 9.18. The van der Waals surface area contributed by atoms with Crippen LogP contribution in [0.4, 0.5) is 30.2 Å². The van der Waals surface area contributed by atoms with Crippen LogP contribution in [0.2, 0.25) is 10.0 Å². The predicted molar refractivity (Wildman–Crippen MR) is 258 cm³/mol. The molecule has 8 rings (SSSR count). The van der Waals surface area contributed by atoms with E-state index in [1.54, 1.807) is 66.7 Å². The normalized spacial score (nSPS) is 15.3. The van der Waals surface area contributed by atoms with Gasteiger partial charge in [0.1, 0.15) is 17.2 Å². The maximum absolute atomic E-state index is 13.2.